The lowest BCUT2D eigenvalue weighted by Crippen LogP contribution is -2.51. The summed E-state index contributed by atoms with van der Waals surface area (Å²) < 4.78 is 5.35. The van der Waals surface area contributed by atoms with Crippen molar-refractivity contribution >= 4 is 12.2 Å². The lowest BCUT2D eigenvalue weighted by atomic mass is 9.93. The average Bonchev–Trinajstić information content (AvgIpc) is 2.63. The molecule has 3 N–H and O–H groups in total. The van der Waals surface area contributed by atoms with Crippen LogP contribution >= 0.6 is 0 Å². The highest BCUT2D eigenvalue weighted by atomic mass is 16.5. The summed E-state index contributed by atoms with van der Waals surface area (Å²) in [7, 11) is 0. The van der Waals surface area contributed by atoms with E-state index >= 15 is 0 Å². The number of amides is 1. The first kappa shape index (κ1) is 15.5. The van der Waals surface area contributed by atoms with Crippen LogP contribution in [0.2, 0.25) is 0 Å². The monoisotopic (exact) mass is 312 g/mol. The van der Waals surface area contributed by atoms with Gasteiger partial charge in [-0.05, 0) is 17.7 Å². The van der Waals surface area contributed by atoms with Gasteiger partial charge in [-0.2, -0.15) is 0 Å². The predicted molar refractivity (Wildman–Crippen MR) is 87.9 cm³/mol. The second-order valence-corrected chi connectivity index (χ2v) is 5.44. The zero-order chi connectivity index (χ0) is 16.1. The van der Waals surface area contributed by atoms with E-state index in [0.717, 1.165) is 30.0 Å². The molecule has 0 aliphatic carbocycles. The molecule has 3 rings (SSSR count). The van der Waals surface area contributed by atoms with Crippen molar-refractivity contribution in [3.63, 3.8) is 0 Å². The number of nitrogens with zero attached hydrogens (tertiary/aromatic N) is 2. The molecule has 1 aromatic carbocycles. The van der Waals surface area contributed by atoms with Crippen molar-refractivity contribution in [1.82, 2.24) is 10.3 Å². The van der Waals surface area contributed by atoms with Crippen LogP contribution in [-0.4, -0.2) is 37.7 Å². The van der Waals surface area contributed by atoms with Crippen LogP contribution in [0.5, 0.6) is 0 Å². The maximum Gasteiger partial charge on any atom is 0.209 e. The van der Waals surface area contributed by atoms with Crippen molar-refractivity contribution < 1.29 is 9.53 Å². The van der Waals surface area contributed by atoms with Crippen LogP contribution in [0.25, 0.3) is 0 Å². The molecule has 1 unspecified atom stereocenters. The Labute approximate surface area is 135 Å². The fourth-order valence-corrected chi connectivity index (χ4v) is 2.73. The Morgan fingerprint density at radius 3 is 2.48 bits per heavy atom. The molecule has 120 valence electrons. The number of benzene rings is 1. The number of carbonyl (C=O) groups is 1. The molecule has 6 nitrogen and oxygen atoms in total. The Morgan fingerprint density at radius 2 is 1.87 bits per heavy atom. The van der Waals surface area contributed by atoms with E-state index in [1.54, 1.807) is 6.20 Å². The van der Waals surface area contributed by atoms with Gasteiger partial charge in [0.1, 0.15) is 11.5 Å². The minimum absolute atomic E-state index is 0.614. The number of aromatic nitrogens is 1. The summed E-state index contributed by atoms with van der Waals surface area (Å²) in [5.41, 5.74) is 6.89. The summed E-state index contributed by atoms with van der Waals surface area (Å²) in [6.07, 6.45) is 2.33. The van der Waals surface area contributed by atoms with E-state index in [4.69, 9.17) is 10.5 Å². The Kier molecular flexibility index (Phi) is 4.55. The topological polar surface area (TPSA) is 80.5 Å². The third-order valence-electron chi connectivity index (χ3n) is 4.05. The Morgan fingerprint density at radius 1 is 1.13 bits per heavy atom. The van der Waals surface area contributed by atoms with Crippen molar-refractivity contribution in [1.29, 1.82) is 0 Å². The zero-order valence-corrected chi connectivity index (χ0v) is 12.8. The Hall–Kier alpha value is -2.44. The van der Waals surface area contributed by atoms with E-state index in [-0.39, 0.29) is 0 Å². The van der Waals surface area contributed by atoms with Gasteiger partial charge in [0, 0.05) is 24.8 Å². The molecule has 6 heteroatoms. The summed E-state index contributed by atoms with van der Waals surface area (Å²) in [4.78, 5) is 17.7. The van der Waals surface area contributed by atoms with E-state index in [2.05, 4.69) is 15.2 Å². The van der Waals surface area contributed by atoms with E-state index in [1.165, 1.54) is 0 Å². The van der Waals surface area contributed by atoms with Gasteiger partial charge < -0.3 is 20.7 Å². The van der Waals surface area contributed by atoms with Gasteiger partial charge in [-0.1, -0.05) is 30.3 Å². The first-order valence-corrected chi connectivity index (χ1v) is 7.59. The van der Waals surface area contributed by atoms with Crippen molar-refractivity contribution in [2.75, 3.05) is 31.2 Å². The van der Waals surface area contributed by atoms with Gasteiger partial charge in [0.15, 0.2) is 0 Å². The highest BCUT2D eigenvalue weighted by Gasteiger charge is 2.29. The SMILES string of the molecule is NC(NC=O)(c1ccccc1)c1ccc(N2CCOCC2)nc1. The first-order chi connectivity index (χ1) is 11.2. The molecule has 23 heavy (non-hydrogen) atoms. The number of ether oxygens (including phenoxy) is 1. The number of pyridine rings is 1. The molecular formula is C17H20N4O2. The van der Waals surface area contributed by atoms with E-state index in [9.17, 15) is 4.79 Å². The van der Waals surface area contributed by atoms with Crippen molar-refractivity contribution in [3.8, 4) is 0 Å². The lowest BCUT2D eigenvalue weighted by molar-refractivity contribution is -0.110. The maximum absolute atomic E-state index is 11.0. The molecule has 1 atom stereocenters. The maximum atomic E-state index is 11.0. The molecule has 1 aliphatic rings. The molecule has 0 radical (unpaired) electrons. The third kappa shape index (κ3) is 3.18. The van der Waals surface area contributed by atoms with Gasteiger partial charge >= 0.3 is 0 Å². The predicted octanol–water partition coefficient (Wildman–Crippen LogP) is 0.824. The number of hydrogen-bond acceptors (Lipinski definition) is 5. The van der Waals surface area contributed by atoms with Crippen LogP contribution in [0.15, 0.2) is 48.7 Å². The molecule has 1 aliphatic heterocycles. The summed E-state index contributed by atoms with van der Waals surface area (Å²) in [5.74, 6) is 0.888. The van der Waals surface area contributed by atoms with Crippen LogP contribution in [0.4, 0.5) is 5.82 Å². The van der Waals surface area contributed by atoms with Crippen LogP contribution in [-0.2, 0) is 15.2 Å². The van der Waals surface area contributed by atoms with Gasteiger partial charge in [-0.25, -0.2) is 4.98 Å². The molecule has 0 bridgehead atoms. The van der Waals surface area contributed by atoms with E-state index in [0.29, 0.717) is 19.6 Å². The van der Waals surface area contributed by atoms with Gasteiger partial charge in [-0.15, -0.1) is 0 Å². The van der Waals surface area contributed by atoms with Gasteiger partial charge in [0.2, 0.25) is 6.41 Å². The summed E-state index contributed by atoms with van der Waals surface area (Å²) >= 11 is 0. The molecule has 2 aromatic rings. The summed E-state index contributed by atoms with van der Waals surface area (Å²) in [6, 6.07) is 13.3. The highest BCUT2D eigenvalue weighted by Crippen LogP contribution is 2.25. The average molecular weight is 312 g/mol. The number of hydrogen-bond donors (Lipinski definition) is 2. The minimum Gasteiger partial charge on any atom is -0.378 e. The van der Waals surface area contributed by atoms with Gasteiger partial charge in [0.05, 0.1) is 13.2 Å². The molecule has 1 fully saturated rings. The number of morpholine rings is 1. The Balaban J connectivity index is 1.90. The summed E-state index contributed by atoms with van der Waals surface area (Å²) in [5, 5.41) is 2.71. The van der Waals surface area contributed by atoms with Crippen LogP contribution in [0.3, 0.4) is 0 Å². The van der Waals surface area contributed by atoms with Crippen molar-refractivity contribution in [2.24, 2.45) is 5.73 Å². The molecule has 0 spiro atoms. The number of nitrogens with two attached hydrogens (primary N) is 1. The summed E-state index contributed by atoms with van der Waals surface area (Å²) in [6.45, 7) is 3.07. The number of carbonyl (C=O) groups excluding carboxylic acids is 1. The first-order valence-electron chi connectivity index (χ1n) is 7.59. The van der Waals surface area contributed by atoms with E-state index < -0.39 is 5.66 Å². The molecule has 1 aromatic heterocycles. The van der Waals surface area contributed by atoms with Crippen LogP contribution in [0.1, 0.15) is 11.1 Å². The van der Waals surface area contributed by atoms with Crippen LogP contribution < -0.4 is 16.0 Å². The largest absolute Gasteiger partial charge is 0.378 e. The van der Waals surface area contributed by atoms with Gasteiger partial charge in [0.25, 0.3) is 0 Å². The number of rotatable bonds is 5. The fourth-order valence-electron chi connectivity index (χ4n) is 2.73. The number of nitrogens with one attached hydrogen (secondary N) is 1. The normalized spacial score (nSPS) is 17.3. The second-order valence-electron chi connectivity index (χ2n) is 5.44. The minimum atomic E-state index is -1.10. The molecular weight excluding hydrogens is 292 g/mol. The van der Waals surface area contributed by atoms with Crippen molar-refractivity contribution in [3.05, 3.63) is 59.8 Å². The Bertz CT molecular complexity index is 641. The molecule has 2 heterocycles. The standard InChI is InChI=1S/C17H20N4O2/c18-17(20-13-22,14-4-2-1-3-5-14)15-6-7-16(19-12-15)21-8-10-23-11-9-21/h1-7,12-13H,8-11,18H2,(H,20,22). The lowest BCUT2D eigenvalue weighted by Gasteiger charge is -2.31. The molecule has 0 saturated carbocycles. The molecule has 1 saturated heterocycles. The molecule has 1 amide bonds. The second kappa shape index (κ2) is 6.76. The smallest absolute Gasteiger partial charge is 0.209 e. The highest BCUT2D eigenvalue weighted by molar-refractivity contribution is 5.53. The van der Waals surface area contributed by atoms with E-state index in [1.807, 2.05) is 42.5 Å². The number of anilines is 1. The third-order valence-corrected chi connectivity index (χ3v) is 4.05. The van der Waals surface area contributed by atoms with Gasteiger partial charge in [-0.3, -0.25) is 4.79 Å². The quantitative estimate of drug-likeness (QED) is 0.631. The zero-order valence-electron chi connectivity index (χ0n) is 12.8. The fraction of sp³-hybridized carbons (Fsp3) is 0.294. The van der Waals surface area contributed by atoms with Crippen LogP contribution in [0, 0.1) is 0 Å². The van der Waals surface area contributed by atoms with Crippen molar-refractivity contribution in [2.45, 2.75) is 5.66 Å².